The van der Waals surface area contributed by atoms with Gasteiger partial charge in [0.25, 0.3) is 0 Å². The van der Waals surface area contributed by atoms with Crippen molar-refractivity contribution in [2.24, 2.45) is 11.0 Å². The largest absolute Gasteiger partial charge is 0.460 e. The van der Waals surface area contributed by atoms with Crippen LogP contribution in [0.15, 0.2) is 21.7 Å². The molecule has 1 aromatic rings. The molecule has 2 N–H and O–H groups in total. The third kappa shape index (κ3) is 3.62. The van der Waals surface area contributed by atoms with Crippen LogP contribution in [-0.4, -0.2) is 18.3 Å². The SMILES string of the molecule is CC(=NNC(=O)NCC1CC1)c1ccc(C)o1. The Kier molecular flexibility index (Phi) is 3.46. The van der Waals surface area contributed by atoms with Crippen molar-refractivity contribution in [2.75, 3.05) is 6.54 Å². The first-order valence-corrected chi connectivity index (χ1v) is 5.80. The number of furan rings is 1. The highest BCUT2D eigenvalue weighted by atomic mass is 16.3. The topological polar surface area (TPSA) is 66.6 Å². The van der Waals surface area contributed by atoms with Crippen LogP contribution in [0.2, 0.25) is 0 Å². The minimum Gasteiger partial charge on any atom is -0.460 e. The molecule has 0 unspecified atom stereocenters. The lowest BCUT2D eigenvalue weighted by Crippen LogP contribution is -2.34. The van der Waals surface area contributed by atoms with E-state index in [1.165, 1.54) is 12.8 Å². The molecule has 0 radical (unpaired) electrons. The summed E-state index contributed by atoms with van der Waals surface area (Å²) in [6.45, 7) is 4.40. The van der Waals surface area contributed by atoms with Gasteiger partial charge in [0.15, 0.2) is 0 Å². The lowest BCUT2D eigenvalue weighted by atomic mass is 10.3. The third-order valence-electron chi connectivity index (χ3n) is 2.67. The van der Waals surface area contributed by atoms with Crippen LogP contribution in [0.5, 0.6) is 0 Å². The van der Waals surface area contributed by atoms with Gasteiger partial charge in [-0.15, -0.1) is 0 Å². The molecule has 5 heteroatoms. The van der Waals surface area contributed by atoms with Crippen LogP contribution in [0, 0.1) is 12.8 Å². The Labute approximate surface area is 100 Å². The van der Waals surface area contributed by atoms with Crippen molar-refractivity contribution in [3.05, 3.63) is 23.7 Å². The van der Waals surface area contributed by atoms with Crippen LogP contribution in [-0.2, 0) is 0 Å². The smallest absolute Gasteiger partial charge is 0.335 e. The van der Waals surface area contributed by atoms with Crippen molar-refractivity contribution >= 4 is 11.7 Å². The van der Waals surface area contributed by atoms with Gasteiger partial charge in [-0.3, -0.25) is 0 Å². The number of nitrogens with zero attached hydrogens (tertiary/aromatic N) is 1. The number of urea groups is 1. The van der Waals surface area contributed by atoms with Gasteiger partial charge in [0.1, 0.15) is 17.2 Å². The number of carbonyl (C=O) groups excluding carboxylic acids is 1. The van der Waals surface area contributed by atoms with Crippen molar-refractivity contribution in [1.82, 2.24) is 10.7 Å². The Hall–Kier alpha value is -1.78. The van der Waals surface area contributed by atoms with Gasteiger partial charge in [0, 0.05) is 6.54 Å². The van der Waals surface area contributed by atoms with Gasteiger partial charge in [-0.1, -0.05) is 0 Å². The van der Waals surface area contributed by atoms with Gasteiger partial charge in [0.2, 0.25) is 0 Å². The fourth-order valence-electron chi connectivity index (χ4n) is 1.42. The molecule has 1 heterocycles. The highest BCUT2D eigenvalue weighted by molar-refractivity contribution is 5.96. The number of hydrogen-bond donors (Lipinski definition) is 2. The van der Waals surface area contributed by atoms with Crippen molar-refractivity contribution in [1.29, 1.82) is 0 Å². The van der Waals surface area contributed by atoms with Crippen LogP contribution in [0.1, 0.15) is 31.3 Å². The normalized spacial score (nSPS) is 15.8. The summed E-state index contributed by atoms with van der Waals surface area (Å²) in [6, 6.07) is 3.43. The van der Waals surface area contributed by atoms with Gasteiger partial charge in [-0.05, 0) is 44.7 Å². The third-order valence-corrected chi connectivity index (χ3v) is 2.67. The van der Waals surface area contributed by atoms with Gasteiger partial charge >= 0.3 is 6.03 Å². The zero-order valence-corrected chi connectivity index (χ0v) is 10.1. The minimum atomic E-state index is -0.264. The predicted octanol–water partition coefficient (Wildman–Crippen LogP) is 2.02. The second kappa shape index (κ2) is 5.03. The summed E-state index contributed by atoms with van der Waals surface area (Å²) in [7, 11) is 0. The Morgan fingerprint density at radius 1 is 1.53 bits per heavy atom. The van der Waals surface area contributed by atoms with E-state index in [0.717, 1.165) is 12.3 Å². The maximum Gasteiger partial charge on any atom is 0.335 e. The van der Waals surface area contributed by atoms with Gasteiger partial charge in [0.05, 0.1) is 0 Å². The summed E-state index contributed by atoms with van der Waals surface area (Å²) >= 11 is 0. The van der Waals surface area contributed by atoms with Gasteiger partial charge in [-0.2, -0.15) is 5.10 Å². The Morgan fingerprint density at radius 3 is 2.88 bits per heavy atom. The molecule has 0 bridgehead atoms. The fourth-order valence-corrected chi connectivity index (χ4v) is 1.42. The zero-order valence-electron chi connectivity index (χ0n) is 10.1. The van der Waals surface area contributed by atoms with Crippen LogP contribution in [0.25, 0.3) is 0 Å². The van der Waals surface area contributed by atoms with E-state index in [9.17, 15) is 4.79 Å². The number of hydrazone groups is 1. The highest BCUT2D eigenvalue weighted by Gasteiger charge is 2.21. The van der Waals surface area contributed by atoms with Gasteiger partial charge < -0.3 is 9.73 Å². The van der Waals surface area contributed by atoms with E-state index < -0.39 is 0 Å². The van der Waals surface area contributed by atoms with E-state index in [-0.39, 0.29) is 6.03 Å². The fraction of sp³-hybridized carbons (Fsp3) is 0.500. The van der Waals surface area contributed by atoms with Crippen molar-refractivity contribution in [3.8, 4) is 0 Å². The quantitative estimate of drug-likeness (QED) is 0.619. The molecular formula is C12H17N3O2. The first-order valence-electron chi connectivity index (χ1n) is 5.80. The number of amides is 2. The first kappa shape index (κ1) is 11.7. The second-order valence-corrected chi connectivity index (χ2v) is 4.37. The van der Waals surface area contributed by atoms with Crippen molar-refractivity contribution in [2.45, 2.75) is 26.7 Å². The molecule has 1 fully saturated rings. The standard InChI is InChI=1S/C12H17N3O2/c1-8-3-6-11(17-8)9(2)14-15-12(16)13-7-10-4-5-10/h3,6,10H,4-5,7H2,1-2H3,(H2,13,15,16). The molecule has 1 saturated carbocycles. The van der Waals surface area contributed by atoms with Crippen LogP contribution in [0.3, 0.4) is 0 Å². The zero-order chi connectivity index (χ0) is 12.3. The van der Waals surface area contributed by atoms with E-state index >= 15 is 0 Å². The summed E-state index contributed by atoms with van der Waals surface area (Å²) in [5.41, 5.74) is 3.10. The van der Waals surface area contributed by atoms with Gasteiger partial charge in [-0.25, -0.2) is 10.2 Å². The summed E-state index contributed by atoms with van der Waals surface area (Å²) in [5.74, 6) is 2.16. The summed E-state index contributed by atoms with van der Waals surface area (Å²) < 4.78 is 5.38. The first-order chi connectivity index (χ1) is 8.15. The number of carbonyl (C=O) groups is 1. The molecule has 0 aromatic carbocycles. The second-order valence-electron chi connectivity index (χ2n) is 4.37. The van der Waals surface area contributed by atoms with Crippen LogP contribution < -0.4 is 10.7 Å². The molecule has 0 spiro atoms. The molecular weight excluding hydrogens is 218 g/mol. The van der Waals surface area contributed by atoms with E-state index in [1.807, 2.05) is 19.1 Å². The minimum absolute atomic E-state index is 0.264. The summed E-state index contributed by atoms with van der Waals surface area (Å²) in [4.78, 5) is 11.4. The molecule has 2 amide bonds. The van der Waals surface area contributed by atoms with Crippen molar-refractivity contribution < 1.29 is 9.21 Å². The molecule has 92 valence electrons. The molecule has 1 aliphatic rings. The molecule has 0 aliphatic heterocycles. The lowest BCUT2D eigenvalue weighted by molar-refractivity contribution is 0.241. The monoisotopic (exact) mass is 235 g/mol. The number of rotatable bonds is 4. The maximum absolute atomic E-state index is 11.4. The van der Waals surface area contributed by atoms with E-state index in [2.05, 4.69) is 15.8 Å². The maximum atomic E-state index is 11.4. The average molecular weight is 235 g/mol. The number of nitrogens with one attached hydrogen (secondary N) is 2. The highest BCUT2D eigenvalue weighted by Crippen LogP contribution is 2.27. The Morgan fingerprint density at radius 2 is 2.29 bits per heavy atom. The van der Waals surface area contributed by atoms with E-state index in [1.54, 1.807) is 6.92 Å². The number of aryl methyl sites for hydroxylation is 1. The molecule has 0 atom stereocenters. The summed E-state index contributed by atoms with van der Waals surface area (Å²) in [6.07, 6.45) is 2.43. The van der Waals surface area contributed by atoms with E-state index in [4.69, 9.17) is 4.42 Å². The summed E-state index contributed by atoms with van der Waals surface area (Å²) in [5, 5.41) is 6.74. The molecule has 0 saturated heterocycles. The molecule has 17 heavy (non-hydrogen) atoms. The molecule has 1 aliphatic carbocycles. The molecule has 2 rings (SSSR count). The van der Waals surface area contributed by atoms with E-state index in [0.29, 0.717) is 17.4 Å². The average Bonchev–Trinajstić information content (AvgIpc) is 3.04. The van der Waals surface area contributed by atoms with Crippen LogP contribution >= 0.6 is 0 Å². The predicted molar refractivity (Wildman–Crippen MR) is 64.9 cm³/mol. The molecule has 1 aromatic heterocycles. The van der Waals surface area contributed by atoms with Crippen molar-refractivity contribution in [3.63, 3.8) is 0 Å². The van der Waals surface area contributed by atoms with Crippen LogP contribution in [0.4, 0.5) is 4.79 Å². The Balaban J connectivity index is 1.80. The Bertz CT molecular complexity index is 433. The lowest BCUT2D eigenvalue weighted by Gasteiger charge is -2.03. The number of hydrogen-bond acceptors (Lipinski definition) is 3. The molecule has 5 nitrogen and oxygen atoms in total.